The van der Waals surface area contributed by atoms with Gasteiger partial charge in [0.15, 0.2) is 5.16 Å². The summed E-state index contributed by atoms with van der Waals surface area (Å²) in [6, 6.07) is 9.87. The summed E-state index contributed by atoms with van der Waals surface area (Å²) in [5, 5.41) is 10.8. The van der Waals surface area contributed by atoms with E-state index in [1.807, 2.05) is 30.3 Å². The van der Waals surface area contributed by atoms with Crippen LogP contribution in [0.25, 0.3) is 21.7 Å². The third-order valence-corrected chi connectivity index (χ3v) is 8.73. The highest BCUT2D eigenvalue weighted by Crippen LogP contribution is 2.41. The summed E-state index contributed by atoms with van der Waals surface area (Å²) >= 11 is 3.54. The number of rotatable bonds is 8. The van der Waals surface area contributed by atoms with Gasteiger partial charge in [-0.2, -0.15) is 0 Å². The fourth-order valence-electron chi connectivity index (χ4n) is 4.82. The minimum absolute atomic E-state index is 0.0356. The van der Waals surface area contributed by atoms with Gasteiger partial charge in [0, 0.05) is 10.6 Å². The van der Waals surface area contributed by atoms with E-state index in [2.05, 4.69) is 28.4 Å². The van der Waals surface area contributed by atoms with Crippen LogP contribution in [0, 0.1) is 0 Å². The van der Waals surface area contributed by atoms with Crippen LogP contribution in [0.3, 0.4) is 0 Å². The predicted molar refractivity (Wildman–Crippen MR) is 135 cm³/mol. The van der Waals surface area contributed by atoms with Crippen molar-refractivity contribution in [3.8, 4) is 5.69 Å². The predicted octanol–water partition coefficient (Wildman–Crippen LogP) is 6.60. The lowest BCUT2D eigenvalue weighted by molar-refractivity contribution is 0.601. The Kier molecular flexibility index (Phi) is 6.37. The quantitative estimate of drug-likeness (QED) is 0.217. The summed E-state index contributed by atoms with van der Waals surface area (Å²) in [6.45, 7) is 4.51. The van der Waals surface area contributed by atoms with Crippen LogP contribution < -0.4 is 5.56 Å². The number of aryl methyl sites for hydroxylation is 1. The molecule has 5 nitrogen and oxygen atoms in total. The fraction of sp³-hybridized carbons (Fsp3) is 0.480. The van der Waals surface area contributed by atoms with E-state index >= 15 is 0 Å². The van der Waals surface area contributed by atoms with Crippen LogP contribution in [0.1, 0.15) is 75.2 Å². The largest absolute Gasteiger partial charge is 0.268 e. The Morgan fingerprint density at radius 1 is 1.12 bits per heavy atom. The number of para-hydroxylation sites is 1. The summed E-state index contributed by atoms with van der Waals surface area (Å²) < 4.78 is 3.91. The summed E-state index contributed by atoms with van der Waals surface area (Å²) in [6.07, 6.45) is 9.70. The number of thiophene rings is 1. The molecule has 1 aliphatic rings. The highest BCUT2D eigenvalue weighted by Gasteiger charge is 2.28. The lowest BCUT2D eigenvalue weighted by atomic mass is 9.88. The molecular weight excluding hydrogens is 436 g/mol. The zero-order chi connectivity index (χ0) is 22.1. The highest BCUT2D eigenvalue weighted by molar-refractivity contribution is 7.99. The molecule has 32 heavy (non-hydrogen) atoms. The Labute approximate surface area is 196 Å². The number of hydrogen-bond acceptors (Lipinski definition) is 5. The van der Waals surface area contributed by atoms with E-state index in [1.54, 1.807) is 27.7 Å². The van der Waals surface area contributed by atoms with Crippen LogP contribution >= 0.6 is 23.1 Å². The summed E-state index contributed by atoms with van der Waals surface area (Å²) in [5.41, 5.74) is 2.14. The van der Waals surface area contributed by atoms with Crippen LogP contribution in [0.15, 0.2) is 40.3 Å². The Hall–Kier alpha value is -2.12. The van der Waals surface area contributed by atoms with Crippen molar-refractivity contribution in [1.29, 1.82) is 0 Å². The van der Waals surface area contributed by atoms with Gasteiger partial charge in [0.2, 0.25) is 5.78 Å². The molecule has 0 aliphatic heterocycles. The average molecular weight is 467 g/mol. The van der Waals surface area contributed by atoms with Crippen LogP contribution in [-0.2, 0) is 6.42 Å². The number of unbranched alkanes of at least 4 members (excludes halogenated alkanes) is 4. The zero-order valence-electron chi connectivity index (χ0n) is 18.8. The van der Waals surface area contributed by atoms with E-state index < -0.39 is 0 Å². The highest BCUT2D eigenvalue weighted by atomic mass is 32.2. The van der Waals surface area contributed by atoms with Crippen molar-refractivity contribution in [3.63, 3.8) is 0 Å². The molecule has 3 heterocycles. The molecule has 4 aromatic rings. The lowest BCUT2D eigenvalue weighted by Crippen LogP contribution is -2.22. The summed E-state index contributed by atoms with van der Waals surface area (Å²) in [7, 11) is 0. The Balaban J connectivity index is 1.66. The summed E-state index contributed by atoms with van der Waals surface area (Å²) in [5.74, 6) is 2.05. The first-order valence-electron chi connectivity index (χ1n) is 11.8. The van der Waals surface area contributed by atoms with Crippen molar-refractivity contribution in [2.45, 2.75) is 76.3 Å². The SMILES string of the molecule is CCCCCCCSc1nnc2n(-c3ccccc3)c(=O)c3c4c(sc3n12)CCC[C@H]4C. The normalized spacial score (nSPS) is 16.1. The van der Waals surface area contributed by atoms with E-state index in [0.29, 0.717) is 11.7 Å². The first-order chi connectivity index (χ1) is 15.7. The third-order valence-electron chi connectivity index (χ3n) is 6.47. The molecule has 5 rings (SSSR count). The second-order valence-corrected chi connectivity index (χ2v) is 10.9. The lowest BCUT2D eigenvalue weighted by Gasteiger charge is -2.18. The minimum Gasteiger partial charge on any atom is -0.268 e. The van der Waals surface area contributed by atoms with Crippen molar-refractivity contribution >= 4 is 39.1 Å². The van der Waals surface area contributed by atoms with Crippen LogP contribution in [0.2, 0.25) is 0 Å². The molecular formula is C25H30N4OS2. The average Bonchev–Trinajstić information content (AvgIpc) is 3.39. The van der Waals surface area contributed by atoms with Gasteiger partial charge in [-0.1, -0.05) is 69.5 Å². The molecule has 0 fully saturated rings. The number of aromatic nitrogens is 4. The number of hydrogen-bond donors (Lipinski definition) is 0. The zero-order valence-corrected chi connectivity index (χ0v) is 20.5. The second kappa shape index (κ2) is 9.40. The molecule has 0 spiro atoms. The van der Waals surface area contributed by atoms with Gasteiger partial charge < -0.3 is 0 Å². The summed E-state index contributed by atoms with van der Waals surface area (Å²) in [4.78, 5) is 16.3. The smallest absolute Gasteiger partial charge is 0.268 e. The number of nitrogens with zero attached hydrogens (tertiary/aromatic N) is 4. The minimum atomic E-state index is 0.0356. The molecule has 1 aromatic carbocycles. The van der Waals surface area contributed by atoms with Crippen LogP contribution in [-0.4, -0.2) is 24.9 Å². The molecule has 7 heteroatoms. The van der Waals surface area contributed by atoms with E-state index in [4.69, 9.17) is 0 Å². The van der Waals surface area contributed by atoms with Gasteiger partial charge in [-0.25, -0.2) is 8.97 Å². The van der Waals surface area contributed by atoms with Crippen molar-refractivity contribution in [3.05, 3.63) is 51.1 Å². The maximum absolute atomic E-state index is 13.9. The Bertz CT molecular complexity index is 1290. The first kappa shape index (κ1) is 21.7. The van der Waals surface area contributed by atoms with E-state index in [9.17, 15) is 4.79 Å². The third kappa shape index (κ3) is 3.79. The molecule has 1 atom stereocenters. The monoisotopic (exact) mass is 466 g/mol. The van der Waals surface area contributed by atoms with Gasteiger partial charge in [-0.3, -0.25) is 4.79 Å². The van der Waals surface area contributed by atoms with Gasteiger partial charge >= 0.3 is 0 Å². The molecule has 0 N–H and O–H groups in total. The number of fused-ring (bicyclic) bond motifs is 5. The van der Waals surface area contributed by atoms with Crippen molar-refractivity contribution in [2.24, 2.45) is 0 Å². The van der Waals surface area contributed by atoms with Crippen molar-refractivity contribution in [1.82, 2.24) is 19.2 Å². The molecule has 0 radical (unpaired) electrons. The molecule has 168 valence electrons. The van der Waals surface area contributed by atoms with Crippen molar-refractivity contribution in [2.75, 3.05) is 5.75 Å². The van der Waals surface area contributed by atoms with E-state index in [1.165, 1.54) is 49.0 Å². The molecule has 1 aliphatic carbocycles. The topological polar surface area (TPSA) is 52.2 Å². The van der Waals surface area contributed by atoms with E-state index in [-0.39, 0.29) is 5.56 Å². The second-order valence-electron chi connectivity index (χ2n) is 8.77. The van der Waals surface area contributed by atoms with Crippen LogP contribution in [0.4, 0.5) is 0 Å². The van der Waals surface area contributed by atoms with Gasteiger partial charge in [-0.15, -0.1) is 21.5 Å². The molecule has 0 bridgehead atoms. The number of benzene rings is 1. The van der Waals surface area contributed by atoms with E-state index in [0.717, 1.165) is 39.7 Å². The Morgan fingerprint density at radius 2 is 1.94 bits per heavy atom. The Morgan fingerprint density at radius 3 is 2.75 bits per heavy atom. The van der Waals surface area contributed by atoms with Gasteiger partial charge in [0.05, 0.1) is 11.1 Å². The van der Waals surface area contributed by atoms with Gasteiger partial charge in [0.1, 0.15) is 4.83 Å². The molecule has 0 amide bonds. The fourth-order valence-corrected chi connectivity index (χ4v) is 7.26. The molecule has 3 aromatic heterocycles. The maximum atomic E-state index is 13.9. The first-order valence-corrected chi connectivity index (χ1v) is 13.6. The number of thioether (sulfide) groups is 1. The van der Waals surface area contributed by atoms with Crippen LogP contribution in [0.5, 0.6) is 0 Å². The van der Waals surface area contributed by atoms with Gasteiger partial charge in [-0.05, 0) is 49.3 Å². The molecule has 0 saturated carbocycles. The standard InChI is InChI=1S/C25H30N4OS2/c1-3-4-5-6-10-16-31-25-27-26-24-28(18-13-8-7-9-14-18)22(30)21-20-17(2)12-11-15-19(20)32-23(21)29(24)25/h7-9,13-14,17H,3-6,10-12,15-16H2,1-2H3/t17-/m1/s1. The van der Waals surface area contributed by atoms with Crippen molar-refractivity contribution < 1.29 is 0 Å². The van der Waals surface area contributed by atoms with Gasteiger partial charge in [0.25, 0.3) is 5.56 Å². The molecule has 0 unspecified atom stereocenters. The maximum Gasteiger partial charge on any atom is 0.268 e. The molecule has 0 saturated heterocycles.